The van der Waals surface area contributed by atoms with Crippen molar-refractivity contribution in [2.75, 3.05) is 6.61 Å². The molecule has 0 unspecified atom stereocenters. The normalized spacial score (nSPS) is 12.4. The molecule has 0 spiro atoms. The lowest BCUT2D eigenvalue weighted by Gasteiger charge is -2.23. The van der Waals surface area contributed by atoms with E-state index in [2.05, 4.69) is 5.32 Å². The van der Waals surface area contributed by atoms with Gasteiger partial charge in [0.05, 0.1) is 12.1 Å². The van der Waals surface area contributed by atoms with Gasteiger partial charge in [-0.3, -0.25) is 4.79 Å². The van der Waals surface area contributed by atoms with Crippen LogP contribution in [-0.2, 0) is 4.79 Å². The quantitative estimate of drug-likeness (QED) is 0.824. The summed E-state index contributed by atoms with van der Waals surface area (Å²) in [4.78, 5) is 11.9. The smallest absolute Gasteiger partial charge is 0.247 e. The van der Waals surface area contributed by atoms with Gasteiger partial charge in [0, 0.05) is 10.6 Å². The van der Waals surface area contributed by atoms with Gasteiger partial charge in [-0.15, -0.1) is 0 Å². The van der Waals surface area contributed by atoms with E-state index in [-0.39, 0.29) is 12.5 Å². The molecule has 0 fully saturated rings. The van der Waals surface area contributed by atoms with Gasteiger partial charge in [0.15, 0.2) is 0 Å². The van der Waals surface area contributed by atoms with Crippen molar-refractivity contribution in [1.29, 1.82) is 0 Å². The van der Waals surface area contributed by atoms with Gasteiger partial charge >= 0.3 is 0 Å². The monoisotopic (exact) mass is 267 g/mol. The summed E-state index contributed by atoms with van der Waals surface area (Å²) in [5.74, 6) is -0.200. The average molecular weight is 268 g/mol. The fourth-order valence-electron chi connectivity index (χ4n) is 1.36. The molecule has 18 heavy (non-hydrogen) atoms. The van der Waals surface area contributed by atoms with Crippen molar-refractivity contribution >= 4 is 23.6 Å². The van der Waals surface area contributed by atoms with Crippen LogP contribution in [0.25, 0.3) is 6.08 Å². The van der Waals surface area contributed by atoms with Gasteiger partial charge in [0.1, 0.15) is 0 Å². The highest BCUT2D eigenvalue weighted by Crippen LogP contribution is 2.14. The summed E-state index contributed by atoms with van der Waals surface area (Å²) in [6, 6.07) is 7.27. The Hall–Kier alpha value is -1.32. The molecule has 98 valence electrons. The standard InChI is InChI=1S/C14H18ClNO2/c1-10(13(18)16-14(2,3)9-17)7-11-5-4-6-12(15)8-11/h4-8,17H,9H2,1-3H3,(H,16,18)/b10-7-. The Morgan fingerprint density at radius 3 is 2.72 bits per heavy atom. The van der Waals surface area contributed by atoms with E-state index in [9.17, 15) is 4.79 Å². The van der Waals surface area contributed by atoms with Crippen molar-refractivity contribution in [3.05, 3.63) is 40.4 Å². The van der Waals surface area contributed by atoms with Gasteiger partial charge in [0.25, 0.3) is 0 Å². The van der Waals surface area contributed by atoms with E-state index >= 15 is 0 Å². The van der Waals surface area contributed by atoms with Crippen LogP contribution in [-0.4, -0.2) is 23.2 Å². The Balaban J connectivity index is 2.81. The Kier molecular flexibility index (Phi) is 4.93. The van der Waals surface area contributed by atoms with E-state index in [1.165, 1.54) is 0 Å². The lowest BCUT2D eigenvalue weighted by molar-refractivity contribution is -0.119. The van der Waals surface area contributed by atoms with Crippen LogP contribution in [0.5, 0.6) is 0 Å². The minimum absolute atomic E-state index is 0.108. The van der Waals surface area contributed by atoms with Crippen LogP contribution in [0.1, 0.15) is 26.3 Å². The molecule has 3 nitrogen and oxygen atoms in total. The second-order valence-electron chi connectivity index (χ2n) is 4.88. The second kappa shape index (κ2) is 6.03. The van der Waals surface area contributed by atoms with Crippen LogP contribution >= 0.6 is 11.6 Å². The fourth-order valence-corrected chi connectivity index (χ4v) is 1.56. The predicted octanol–water partition coefficient (Wildman–Crippen LogP) is 2.63. The number of carbonyl (C=O) groups is 1. The highest BCUT2D eigenvalue weighted by Gasteiger charge is 2.19. The molecular formula is C14H18ClNO2. The van der Waals surface area contributed by atoms with Crippen molar-refractivity contribution in [1.82, 2.24) is 5.32 Å². The Morgan fingerprint density at radius 2 is 2.17 bits per heavy atom. The number of nitrogens with one attached hydrogen (secondary N) is 1. The number of aliphatic hydroxyl groups is 1. The first-order valence-electron chi connectivity index (χ1n) is 5.71. The van der Waals surface area contributed by atoms with E-state index in [1.54, 1.807) is 39.0 Å². The minimum Gasteiger partial charge on any atom is -0.394 e. The first-order valence-corrected chi connectivity index (χ1v) is 6.09. The molecular weight excluding hydrogens is 250 g/mol. The molecule has 2 N–H and O–H groups in total. The molecule has 1 aromatic carbocycles. The summed E-state index contributed by atoms with van der Waals surface area (Å²) >= 11 is 5.87. The third-order valence-electron chi connectivity index (χ3n) is 2.44. The average Bonchev–Trinajstić information content (AvgIpc) is 2.28. The highest BCUT2D eigenvalue weighted by molar-refractivity contribution is 6.30. The van der Waals surface area contributed by atoms with Crippen LogP contribution in [0.4, 0.5) is 0 Å². The second-order valence-corrected chi connectivity index (χ2v) is 5.31. The van der Waals surface area contributed by atoms with E-state index < -0.39 is 5.54 Å². The molecule has 0 heterocycles. The summed E-state index contributed by atoms with van der Waals surface area (Å²) in [7, 11) is 0. The maximum atomic E-state index is 11.9. The van der Waals surface area contributed by atoms with Crippen LogP contribution in [0.2, 0.25) is 5.02 Å². The number of hydrogen-bond acceptors (Lipinski definition) is 2. The van der Waals surface area contributed by atoms with Gasteiger partial charge in [-0.2, -0.15) is 0 Å². The predicted molar refractivity (Wildman–Crippen MR) is 74.4 cm³/mol. The molecule has 0 saturated heterocycles. The Bertz CT molecular complexity index is 467. The summed E-state index contributed by atoms with van der Waals surface area (Å²) in [5.41, 5.74) is 0.816. The van der Waals surface area contributed by atoms with E-state index in [4.69, 9.17) is 16.7 Å². The van der Waals surface area contributed by atoms with E-state index in [0.29, 0.717) is 10.6 Å². The molecule has 0 aliphatic heterocycles. The topological polar surface area (TPSA) is 49.3 Å². The van der Waals surface area contributed by atoms with Crippen molar-refractivity contribution < 1.29 is 9.90 Å². The molecule has 0 aliphatic rings. The van der Waals surface area contributed by atoms with Crippen LogP contribution in [0.15, 0.2) is 29.8 Å². The van der Waals surface area contributed by atoms with Crippen molar-refractivity contribution in [2.24, 2.45) is 0 Å². The lowest BCUT2D eigenvalue weighted by Crippen LogP contribution is -2.46. The maximum Gasteiger partial charge on any atom is 0.247 e. The summed E-state index contributed by atoms with van der Waals surface area (Å²) in [5, 5.41) is 12.5. The first-order chi connectivity index (χ1) is 8.34. The molecule has 0 radical (unpaired) electrons. The molecule has 0 aromatic heterocycles. The number of halogens is 1. The fraction of sp³-hybridized carbons (Fsp3) is 0.357. The number of carbonyl (C=O) groups excluding carboxylic acids is 1. The highest BCUT2D eigenvalue weighted by atomic mass is 35.5. The van der Waals surface area contributed by atoms with Gasteiger partial charge in [0.2, 0.25) is 5.91 Å². The van der Waals surface area contributed by atoms with Crippen LogP contribution in [0, 0.1) is 0 Å². The maximum absolute atomic E-state index is 11.9. The zero-order valence-electron chi connectivity index (χ0n) is 10.8. The number of amides is 1. The summed E-state index contributed by atoms with van der Waals surface area (Å²) < 4.78 is 0. The van der Waals surface area contributed by atoms with E-state index in [1.807, 2.05) is 12.1 Å². The Labute approximate surface area is 112 Å². The first kappa shape index (κ1) is 14.7. The SMILES string of the molecule is C/C(=C/c1cccc(Cl)c1)C(=O)NC(C)(C)CO. The molecule has 0 bridgehead atoms. The summed E-state index contributed by atoms with van der Waals surface area (Å²) in [6.07, 6.45) is 1.76. The lowest BCUT2D eigenvalue weighted by atomic mass is 10.1. The minimum atomic E-state index is -0.624. The largest absolute Gasteiger partial charge is 0.394 e. The Morgan fingerprint density at radius 1 is 1.50 bits per heavy atom. The van der Waals surface area contributed by atoms with Crippen LogP contribution in [0.3, 0.4) is 0 Å². The molecule has 0 aliphatic carbocycles. The zero-order valence-corrected chi connectivity index (χ0v) is 11.6. The third-order valence-corrected chi connectivity index (χ3v) is 2.67. The number of benzene rings is 1. The molecule has 1 rings (SSSR count). The molecule has 0 atom stereocenters. The van der Waals surface area contributed by atoms with Crippen molar-refractivity contribution in [3.8, 4) is 0 Å². The number of aliphatic hydroxyl groups excluding tert-OH is 1. The molecule has 0 saturated carbocycles. The number of hydrogen-bond donors (Lipinski definition) is 2. The number of rotatable bonds is 4. The summed E-state index contributed by atoms with van der Waals surface area (Å²) in [6.45, 7) is 5.14. The van der Waals surface area contributed by atoms with Crippen LogP contribution < -0.4 is 5.32 Å². The molecule has 1 amide bonds. The van der Waals surface area contributed by atoms with Gasteiger partial charge < -0.3 is 10.4 Å². The molecule has 1 aromatic rings. The zero-order chi connectivity index (χ0) is 13.8. The molecule has 4 heteroatoms. The van der Waals surface area contributed by atoms with Gasteiger partial charge in [-0.25, -0.2) is 0 Å². The van der Waals surface area contributed by atoms with Crippen molar-refractivity contribution in [3.63, 3.8) is 0 Å². The van der Waals surface area contributed by atoms with E-state index in [0.717, 1.165) is 5.56 Å². The van der Waals surface area contributed by atoms with Crippen molar-refractivity contribution in [2.45, 2.75) is 26.3 Å². The third kappa shape index (κ3) is 4.51. The van der Waals surface area contributed by atoms with Gasteiger partial charge in [-0.05, 0) is 44.5 Å². The van der Waals surface area contributed by atoms with Gasteiger partial charge in [-0.1, -0.05) is 23.7 Å².